The number of aliphatic hydroxyl groups is 2. The number of likely N-dealkylation sites (tertiary alicyclic amines) is 1. The summed E-state index contributed by atoms with van der Waals surface area (Å²) in [5.41, 5.74) is 2.08. The number of fused-ring (bicyclic) bond motifs is 2. The number of hydrogen-bond donors (Lipinski definition) is 3. The fraction of sp³-hybridized carbons (Fsp3) is 0.771. The molecule has 11 heteroatoms. The van der Waals surface area contributed by atoms with Crippen molar-refractivity contribution in [3.05, 3.63) is 29.8 Å². The van der Waals surface area contributed by atoms with Crippen LogP contribution >= 0.6 is 0 Å². The van der Waals surface area contributed by atoms with E-state index in [9.17, 15) is 19.8 Å². The van der Waals surface area contributed by atoms with E-state index >= 15 is 0 Å². The predicted octanol–water partition coefficient (Wildman–Crippen LogP) is 2.27. The van der Waals surface area contributed by atoms with Crippen molar-refractivity contribution in [2.45, 2.75) is 88.1 Å². The summed E-state index contributed by atoms with van der Waals surface area (Å²) in [4.78, 5) is 28.9. The molecule has 11 nitrogen and oxygen atoms in total. The molecule has 0 amide bonds. The standard InChI is InChI=1S/C35H50N2O9/c1-7-37-16-32(17-45-30(39)19-10-8-9-11-22(19)36)13-12-24(43-5)34-21-14-20-23(42-4)15-33(40,25(21)26(20)46-29(38)18(2)3)35(41,31(34)37)28(44-6)27(32)34/h8-11,18,20-21,23-28,31,40-41H,7,12-17,36H2,1-6H3/t20-,21-,23+,24?,25-,26+,27-,28+,31+,32+,33-,34+,35+/m1/s1. The van der Waals surface area contributed by atoms with E-state index in [1.54, 1.807) is 59.4 Å². The van der Waals surface area contributed by atoms with Gasteiger partial charge in [0.15, 0.2) is 0 Å². The lowest BCUT2D eigenvalue weighted by Gasteiger charge is -2.70. The first kappa shape index (κ1) is 32.3. The first-order chi connectivity index (χ1) is 21.9. The number of carbonyl (C=O) groups is 2. The average molecular weight is 643 g/mol. The summed E-state index contributed by atoms with van der Waals surface area (Å²) in [6.07, 6.45) is 0.0868. The van der Waals surface area contributed by atoms with Crippen LogP contribution in [0.4, 0.5) is 5.69 Å². The Bertz CT molecular complexity index is 1390. The molecule has 4 N–H and O–H groups in total. The van der Waals surface area contributed by atoms with Gasteiger partial charge in [0.2, 0.25) is 0 Å². The quantitative estimate of drug-likeness (QED) is 0.269. The minimum atomic E-state index is -1.76. The van der Waals surface area contributed by atoms with Crippen LogP contribution in [0, 0.1) is 40.4 Å². The number of para-hydroxylation sites is 1. The van der Waals surface area contributed by atoms with Crippen LogP contribution in [0.2, 0.25) is 0 Å². The molecular formula is C35H50N2O9. The Morgan fingerprint density at radius 3 is 2.48 bits per heavy atom. The second-order valence-corrected chi connectivity index (χ2v) is 15.2. The van der Waals surface area contributed by atoms with Crippen LogP contribution in [0.3, 0.4) is 0 Å². The Morgan fingerprint density at radius 2 is 1.85 bits per heavy atom. The van der Waals surface area contributed by atoms with Crippen LogP contribution in [-0.4, -0.2) is 110 Å². The molecule has 46 heavy (non-hydrogen) atoms. The van der Waals surface area contributed by atoms with Gasteiger partial charge in [-0.1, -0.05) is 32.9 Å². The molecule has 7 bridgehead atoms. The lowest BCUT2D eigenvalue weighted by atomic mass is 9.42. The molecule has 1 aliphatic heterocycles. The molecule has 13 atom stereocenters. The fourth-order valence-corrected chi connectivity index (χ4v) is 12.1. The van der Waals surface area contributed by atoms with Gasteiger partial charge in [-0.2, -0.15) is 0 Å². The first-order valence-electron chi connectivity index (χ1n) is 16.9. The summed E-state index contributed by atoms with van der Waals surface area (Å²) in [5, 5.41) is 26.7. The lowest BCUT2D eigenvalue weighted by Crippen LogP contribution is -2.82. The van der Waals surface area contributed by atoms with Gasteiger partial charge >= 0.3 is 11.9 Å². The molecule has 1 heterocycles. The van der Waals surface area contributed by atoms with Crippen molar-refractivity contribution in [1.29, 1.82) is 0 Å². The van der Waals surface area contributed by atoms with Gasteiger partial charge in [-0.3, -0.25) is 9.69 Å². The molecule has 1 unspecified atom stereocenters. The van der Waals surface area contributed by atoms with Crippen molar-refractivity contribution < 1.29 is 43.5 Å². The molecule has 1 aromatic rings. The number of carbonyl (C=O) groups excluding carboxylic acids is 2. The highest BCUT2D eigenvalue weighted by Gasteiger charge is 2.92. The smallest absolute Gasteiger partial charge is 0.340 e. The number of methoxy groups -OCH3 is 3. The molecule has 1 aromatic carbocycles. The van der Waals surface area contributed by atoms with Gasteiger partial charge in [0.1, 0.15) is 17.3 Å². The van der Waals surface area contributed by atoms with Crippen molar-refractivity contribution in [3.8, 4) is 0 Å². The average Bonchev–Trinajstić information content (AvgIpc) is 3.43. The molecule has 0 aromatic heterocycles. The fourth-order valence-electron chi connectivity index (χ4n) is 12.1. The highest BCUT2D eigenvalue weighted by atomic mass is 16.6. The summed E-state index contributed by atoms with van der Waals surface area (Å²) in [6.45, 7) is 6.94. The Morgan fingerprint density at radius 1 is 1.11 bits per heavy atom. The maximum atomic E-state index is 13.5. The van der Waals surface area contributed by atoms with Gasteiger partial charge in [0.05, 0.1) is 42.4 Å². The zero-order chi connectivity index (χ0) is 33.0. The monoisotopic (exact) mass is 642 g/mol. The molecule has 5 aliphatic carbocycles. The number of nitrogens with zero attached hydrogens (tertiary/aromatic N) is 1. The van der Waals surface area contributed by atoms with Crippen LogP contribution < -0.4 is 5.73 Å². The number of piperidine rings is 1. The minimum Gasteiger partial charge on any atom is -0.461 e. The molecule has 1 spiro atoms. The Labute approximate surface area is 271 Å². The SMILES string of the molecule is CCN1C[C@]2(COC(=O)c3ccccc3N)CCC(OC)[C@@]34[C@@H]5C[C@H]6[C@H](OC(=O)C(C)C)[C@@H]5[C@](O)(C[C@@H]6OC)[C@](O)([C@@H](OC)[C@H]23)[C@@H]14. The Balaban J connectivity index is 1.40. The van der Waals surface area contributed by atoms with Crippen LogP contribution in [-0.2, 0) is 28.5 Å². The summed E-state index contributed by atoms with van der Waals surface area (Å²) in [5.74, 6) is -2.36. The van der Waals surface area contributed by atoms with Gasteiger partial charge in [-0.15, -0.1) is 0 Å². The topological polar surface area (TPSA) is 150 Å². The van der Waals surface area contributed by atoms with Crippen molar-refractivity contribution in [3.63, 3.8) is 0 Å². The van der Waals surface area contributed by atoms with E-state index in [4.69, 9.17) is 29.4 Å². The maximum absolute atomic E-state index is 13.5. The number of likely N-dealkylation sites (N-methyl/N-ethyl adjacent to an activating group) is 1. The van der Waals surface area contributed by atoms with Crippen LogP contribution in [0.5, 0.6) is 0 Å². The number of hydrogen-bond acceptors (Lipinski definition) is 11. The largest absolute Gasteiger partial charge is 0.461 e. The van der Waals surface area contributed by atoms with Gasteiger partial charge in [0.25, 0.3) is 0 Å². The molecule has 0 radical (unpaired) electrons. The molecule has 5 saturated carbocycles. The number of nitrogen functional groups attached to an aromatic ring is 1. The van der Waals surface area contributed by atoms with E-state index in [-0.39, 0.29) is 48.8 Å². The van der Waals surface area contributed by atoms with Gasteiger partial charge in [0, 0.05) is 68.6 Å². The third-order valence-corrected chi connectivity index (χ3v) is 13.4. The van der Waals surface area contributed by atoms with Crippen molar-refractivity contribution in [1.82, 2.24) is 4.90 Å². The summed E-state index contributed by atoms with van der Waals surface area (Å²) in [7, 11) is 4.95. The number of ether oxygens (including phenoxy) is 5. The van der Waals surface area contributed by atoms with Crippen LogP contribution in [0.25, 0.3) is 0 Å². The number of anilines is 1. The predicted molar refractivity (Wildman–Crippen MR) is 166 cm³/mol. The number of nitrogens with two attached hydrogens (primary N) is 1. The second-order valence-electron chi connectivity index (χ2n) is 15.2. The molecule has 254 valence electrons. The molecule has 7 rings (SSSR count). The van der Waals surface area contributed by atoms with Gasteiger partial charge in [-0.05, 0) is 43.9 Å². The first-order valence-corrected chi connectivity index (χ1v) is 16.9. The molecular weight excluding hydrogens is 592 g/mol. The molecule has 1 saturated heterocycles. The zero-order valence-corrected chi connectivity index (χ0v) is 27.8. The van der Waals surface area contributed by atoms with Crippen molar-refractivity contribution >= 4 is 17.6 Å². The highest BCUT2D eigenvalue weighted by Crippen LogP contribution is 2.80. The number of esters is 2. The van der Waals surface area contributed by atoms with E-state index in [1.807, 2.05) is 0 Å². The number of rotatable bonds is 9. The van der Waals surface area contributed by atoms with Crippen LogP contribution in [0.15, 0.2) is 24.3 Å². The van der Waals surface area contributed by atoms with Gasteiger partial charge in [-0.25, -0.2) is 4.79 Å². The second kappa shape index (κ2) is 10.9. The summed E-state index contributed by atoms with van der Waals surface area (Å²) < 4.78 is 31.3. The summed E-state index contributed by atoms with van der Waals surface area (Å²) in [6, 6.07) is 6.38. The van der Waals surface area contributed by atoms with Crippen molar-refractivity contribution in [2.75, 3.05) is 46.8 Å². The van der Waals surface area contributed by atoms with E-state index < -0.39 is 58.3 Å². The van der Waals surface area contributed by atoms with Gasteiger partial charge < -0.3 is 39.6 Å². The van der Waals surface area contributed by atoms with E-state index in [0.717, 1.165) is 0 Å². The Kier molecular flexibility index (Phi) is 7.62. The minimum absolute atomic E-state index is 0.105. The number of benzene rings is 1. The molecule has 6 aliphatic rings. The van der Waals surface area contributed by atoms with E-state index in [2.05, 4.69) is 11.8 Å². The molecule has 6 fully saturated rings. The summed E-state index contributed by atoms with van der Waals surface area (Å²) >= 11 is 0. The maximum Gasteiger partial charge on any atom is 0.340 e. The Hall–Kier alpha value is -2.28. The lowest BCUT2D eigenvalue weighted by molar-refractivity contribution is -0.319. The zero-order valence-electron chi connectivity index (χ0n) is 27.8. The third-order valence-electron chi connectivity index (χ3n) is 13.4. The van der Waals surface area contributed by atoms with E-state index in [0.29, 0.717) is 43.6 Å². The third kappa shape index (κ3) is 3.76. The van der Waals surface area contributed by atoms with Crippen molar-refractivity contribution in [2.24, 2.45) is 40.4 Å². The normalized spacial score (nSPS) is 46.8. The van der Waals surface area contributed by atoms with E-state index in [1.165, 1.54) is 0 Å². The highest BCUT2D eigenvalue weighted by molar-refractivity contribution is 5.95. The van der Waals surface area contributed by atoms with Crippen LogP contribution in [0.1, 0.15) is 56.8 Å².